The molecule has 0 saturated heterocycles. The molecule has 1 amide bonds. The minimum Gasteiger partial charge on any atom is -0.342 e. The van der Waals surface area contributed by atoms with Crippen molar-refractivity contribution in [1.82, 2.24) is 25.5 Å². The highest BCUT2D eigenvalue weighted by atomic mass is 79.9. The molecule has 1 unspecified atom stereocenters. The molecule has 0 bridgehead atoms. The number of halogens is 1. The largest absolute Gasteiger partial charge is 0.342 e. The predicted octanol–water partition coefficient (Wildman–Crippen LogP) is 4.21. The van der Waals surface area contributed by atoms with Crippen molar-refractivity contribution in [3.8, 4) is 5.69 Å². The maximum atomic E-state index is 12.6. The Morgan fingerprint density at radius 2 is 1.70 bits per heavy atom. The van der Waals surface area contributed by atoms with E-state index in [1.54, 1.807) is 4.68 Å². The first kappa shape index (κ1) is 19.2. The van der Waals surface area contributed by atoms with Gasteiger partial charge in [0.1, 0.15) is 0 Å². The van der Waals surface area contributed by atoms with Crippen LogP contribution >= 0.6 is 15.9 Å². The highest BCUT2D eigenvalue weighted by Gasteiger charge is 2.19. The van der Waals surface area contributed by atoms with Crippen molar-refractivity contribution >= 4 is 21.8 Å². The normalized spacial score (nSPS) is 12.6. The molecule has 0 fully saturated rings. The van der Waals surface area contributed by atoms with Gasteiger partial charge in [-0.15, -0.1) is 5.10 Å². The maximum Gasteiger partial charge on any atom is 0.251 e. The summed E-state index contributed by atoms with van der Waals surface area (Å²) in [4.78, 5) is 12.6. The van der Waals surface area contributed by atoms with E-state index in [1.807, 2.05) is 55.5 Å². The fraction of sp³-hybridized carbons (Fsp3) is 0.300. The molecule has 1 N–H and O–H groups in total. The summed E-state index contributed by atoms with van der Waals surface area (Å²) < 4.78 is 2.60. The molecule has 1 heterocycles. The number of carbonyl (C=O) groups is 1. The number of aromatic nitrogens is 4. The number of hydrogen-bond donors (Lipinski definition) is 1. The van der Waals surface area contributed by atoms with Gasteiger partial charge in [-0.25, -0.2) is 0 Å². The second-order valence-corrected chi connectivity index (χ2v) is 8.36. The van der Waals surface area contributed by atoms with Gasteiger partial charge in [0, 0.05) is 10.0 Å². The number of nitrogens with zero attached hydrogens (tertiary/aromatic N) is 4. The quantitative estimate of drug-likeness (QED) is 0.676. The van der Waals surface area contributed by atoms with E-state index in [-0.39, 0.29) is 17.4 Å². The summed E-state index contributed by atoms with van der Waals surface area (Å²) in [7, 11) is 0. The third-order valence-corrected chi connectivity index (χ3v) is 4.84. The van der Waals surface area contributed by atoms with Gasteiger partial charge in [-0.3, -0.25) is 4.79 Å². The first-order valence-corrected chi connectivity index (χ1v) is 9.50. The fourth-order valence-corrected chi connectivity index (χ4v) is 2.96. The number of nitrogens with one attached hydrogen (secondary N) is 1. The van der Waals surface area contributed by atoms with Crippen LogP contribution in [-0.4, -0.2) is 26.1 Å². The first-order valence-electron chi connectivity index (χ1n) is 8.71. The molecule has 7 heteroatoms. The molecule has 140 valence electrons. The molecular formula is C20H22BrN5O. The van der Waals surface area contributed by atoms with Crippen LogP contribution in [0, 0.1) is 0 Å². The number of rotatable bonds is 4. The van der Waals surface area contributed by atoms with Gasteiger partial charge in [0.25, 0.3) is 5.91 Å². The van der Waals surface area contributed by atoms with Crippen molar-refractivity contribution in [2.75, 3.05) is 0 Å². The van der Waals surface area contributed by atoms with Crippen LogP contribution in [-0.2, 0) is 5.41 Å². The molecule has 0 spiro atoms. The maximum absolute atomic E-state index is 12.6. The summed E-state index contributed by atoms with van der Waals surface area (Å²) in [5.41, 5.74) is 2.67. The lowest BCUT2D eigenvalue weighted by molar-refractivity contribution is 0.0938. The second-order valence-electron chi connectivity index (χ2n) is 7.45. The number of amides is 1. The molecule has 2 aromatic carbocycles. The SMILES string of the molecule is CC(NC(=O)c1ccc(C(C)(C)C)cc1)c1nnnn1-c1ccc(Br)cc1. The van der Waals surface area contributed by atoms with Crippen molar-refractivity contribution < 1.29 is 4.79 Å². The van der Waals surface area contributed by atoms with Crippen molar-refractivity contribution in [3.05, 3.63) is 70.0 Å². The zero-order chi connectivity index (χ0) is 19.6. The van der Waals surface area contributed by atoms with E-state index in [1.165, 1.54) is 5.56 Å². The summed E-state index contributed by atoms with van der Waals surface area (Å²) >= 11 is 3.41. The Kier molecular flexibility index (Phi) is 5.41. The molecule has 6 nitrogen and oxygen atoms in total. The lowest BCUT2D eigenvalue weighted by Crippen LogP contribution is -2.28. The summed E-state index contributed by atoms with van der Waals surface area (Å²) in [6.45, 7) is 8.30. The van der Waals surface area contributed by atoms with E-state index in [0.29, 0.717) is 11.4 Å². The van der Waals surface area contributed by atoms with Crippen LogP contribution < -0.4 is 5.32 Å². The van der Waals surface area contributed by atoms with Crippen LogP contribution in [0.4, 0.5) is 0 Å². The molecule has 0 saturated carbocycles. The number of benzene rings is 2. The zero-order valence-electron chi connectivity index (χ0n) is 15.8. The Balaban J connectivity index is 1.76. The Bertz CT molecular complexity index is 926. The lowest BCUT2D eigenvalue weighted by atomic mass is 9.86. The van der Waals surface area contributed by atoms with Gasteiger partial charge in [-0.1, -0.05) is 48.8 Å². The van der Waals surface area contributed by atoms with Crippen LogP contribution in [0.2, 0.25) is 0 Å². The number of tetrazole rings is 1. The van der Waals surface area contributed by atoms with E-state index in [2.05, 4.69) is 57.5 Å². The molecule has 0 aliphatic rings. The molecule has 0 aliphatic heterocycles. The summed E-state index contributed by atoms with van der Waals surface area (Å²) in [5.74, 6) is 0.408. The van der Waals surface area contributed by atoms with Crippen LogP contribution in [0.25, 0.3) is 5.69 Å². The van der Waals surface area contributed by atoms with Gasteiger partial charge in [0.15, 0.2) is 5.82 Å². The smallest absolute Gasteiger partial charge is 0.251 e. The summed E-state index contributed by atoms with van der Waals surface area (Å²) in [6.07, 6.45) is 0. The molecule has 3 aromatic rings. The molecule has 0 radical (unpaired) electrons. The third-order valence-electron chi connectivity index (χ3n) is 4.31. The molecular weight excluding hydrogens is 406 g/mol. The van der Waals surface area contributed by atoms with E-state index >= 15 is 0 Å². The lowest BCUT2D eigenvalue weighted by Gasteiger charge is -2.19. The van der Waals surface area contributed by atoms with E-state index in [0.717, 1.165) is 10.2 Å². The fourth-order valence-electron chi connectivity index (χ4n) is 2.70. The third kappa shape index (κ3) is 4.42. The minimum absolute atomic E-state index is 0.0507. The van der Waals surface area contributed by atoms with Crippen LogP contribution in [0.1, 0.15) is 55.5 Å². The topological polar surface area (TPSA) is 72.7 Å². The molecule has 1 aromatic heterocycles. The summed E-state index contributed by atoms with van der Waals surface area (Å²) in [5, 5.41) is 14.9. The molecule has 0 aliphatic carbocycles. The number of carbonyl (C=O) groups excluding carboxylic acids is 1. The van der Waals surface area contributed by atoms with Crippen molar-refractivity contribution in [2.45, 2.75) is 39.2 Å². The van der Waals surface area contributed by atoms with Crippen molar-refractivity contribution in [1.29, 1.82) is 0 Å². The average Bonchev–Trinajstić information content (AvgIpc) is 3.11. The van der Waals surface area contributed by atoms with Gasteiger partial charge in [0.05, 0.1) is 11.7 Å². The highest BCUT2D eigenvalue weighted by Crippen LogP contribution is 2.22. The van der Waals surface area contributed by atoms with Crippen molar-refractivity contribution in [3.63, 3.8) is 0 Å². The van der Waals surface area contributed by atoms with Crippen LogP contribution in [0.5, 0.6) is 0 Å². The van der Waals surface area contributed by atoms with E-state index in [4.69, 9.17) is 0 Å². The predicted molar refractivity (Wildman–Crippen MR) is 108 cm³/mol. The monoisotopic (exact) mass is 427 g/mol. The Morgan fingerprint density at radius 3 is 2.30 bits per heavy atom. The van der Waals surface area contributed by atoms with Gasteiger partial charge in [-0.05, 0) is 64.7 Å². The van der Waals surface area contributed by atoms with Gasteiger partial charge in [0.2, 0.25) is 0 Å². The van der Waals surface area contributed by atoms with Crippen LogP contribution in [0.3, 0.4) is 0 Å². The highest BCUT2D eigenvalue weighted by molar-refractivity contribution is 9.10. The Hall–Kier alpha value is -2.54. The van der Waals surface area contributed by atoms with E-state index < -0.39 is 0 Å². The number of hydrogen-bond acceptors (Lipinski definition) is 4. The standard InChI is InChI=1S/C20H22BrN5O/c1-13(18-23-24-25-26(18)17-11-9-16(21)10-12-17)22-19(27)14-5-7-15(8-6-14)20(2,3)4/h5-13H,1-4H3,(H,22,27). The Morgan fingerprint density at radius 1 is 1.07 bits per heavy atom. The second kappa shape index (κ2) is 7.60. The molecule has 3 rings (SSSR count). The van der Waals surface area contributed by atoms with Gasteiger partial charge < -0.3 is 5.32 Å². The first-order chi connectivity index (χ1) is 12.8. The minimum atomic E-state index is -0.349. The molecule has 27 heavy (non-hydrogen) atoms. The molecule has 1 atom stereocenters. The average molecular weight is 428 g/mol. The van der Waals surface area contributed by atoms with E-state index in [9.17, 15) is 4.79 Å². The van der Waals surface area contributed by atoms with Gasteiger partial charge in [-0.2, -0.15) is 4.68 Å². The van der Waals surface area contributed by atoms with Crippen LogP contribution in [0.15, 0.2) is 53.0 Å². The zero-order valence-corrected chi connectivity index (χ0v) is 17.4. The van der Waals surface area contributed by atoms with Crippen molar-refractivity contribution in [2.24, 2.45) is 0 Å². The Labute approximate surface area is 167 Å². The van der Waals surface area contributed by atoms with Gasteiger partial charge >= 0.3 is 0 Å². The summed E-state index contributed by atoms with van der Waals surface area (Å²) in [6, 6.07) is 15.0.